The van der Waals surface area contributed by atoms with Gasteiger partial charge in [0.1, 0.15) is 5.60 Å². The number of benzene rings is 1. The van der Waals surface area contributed by atoms with Crippen LogP contribution in [0.3, 0.4) is 0 Å². The molecule has 0 aliphatic heterocycles. The zero-order chi connectivity index (χ0) is 15.3. The van der Waals surface area contributed by atoms with Crippen LogP contribution in [-0.4, -0.2) is 23.2 Å². The first-order valence-corrected chi connectivity index (χ1v) is 6.88. The van der Waals surface area contributed by atoms with Crippen LogP contribution in [0.5, 0.6) is 0 Å². The number of nitrogens with zero attached hydrogens (tertiary/aromatic N) is 1. The Balaban J connectivity index is 2.51. The Morgan fingerprint density at radius 3 is 2.60 bits per heavy atom. The minimum atomic E-state index is -0.530. The van der Waals surface area contributed by atoms with E-state index >= 15 is 0 Å². The Bertz CT molecular complexity index is 512. The normalized spacial score (nSPS) is 11.0. The number of alkyl carbamates (subject to hydrolysis) is 1. The first-order valence-electron chi connectivity index (χ1n) is 6.09. The van der Waals surface area contributed by atoms with Gasteiger partial charge in [0, 0.05) is 23.2 Å². The zero-order valence-electron chi connectivity index (χ0n) is 11.6. The average Bonchev–Trinajstić information content (AvgIpc) is 2.28. The number of rotatable bonds is 4. The fourth-order valence-electron chi connectivity index (χ4n) is 1.47. The first-order chi connectivity index (χ1) is 9.19. The van der Waals surface area contributed by atoms with Crippen molar-refractivity contribution in [3.63, 3.8) is 0 Å². The second-order valence-electron chi connectivity index (χ2n) is 5.21. The summed E-state index contributed by atoms with van der Waals surface area (Å²) in [5.74, 6) is 0. The Hall–Kier alpha value is -1.63. The van der Waals surface area contributed by atoms with Crippen LogP contribution in [0, 0.1) is 10.1 Å². The smallest absolute Gasteiger partial charge is 0.407 e. The highest BCUT2D eigenvalue weighted by molar-refractivity contribution is 9.10. The molecular formula is C13H17BrN2O4. The van der Waals surface area contributed by atoms with Gasteiger partial charge in [-0.05, 0) is 32.8 Å². The molecule has 0 heterocycles. The number of carbonyl (C=O) groups excluding carboxylic acids is 1. The Morgan fingerprint density at radius 1 is 1.45 bits per heavy atom. The quantitative estimate of drug-likeness (QED) is 0.670. The molecule has 1 aromatic rings. The summed E-state index contributed by atoms with van der Waals surface area (Å²) < 4.78 is 5.76. The number of ether oxygens (including phenoxy) is 1. The molecule has 0 aliphatic rings. The van der Waals surface area contributed by atoms with Crippen molar-refractivity contribution >= 4 is 27.7 Å². The minimum Gasteiger partial charge on any atom is -0.444 e. The molecule has 1 amide bonds. The molecular weight excluding hydrogens is 328 g/mol. The fourth-order valence-corrected chi connectivity index (χ4v) is 2.03. The lowest BCUT2D eigenvalue weighted by Gasteiger charge is -2.19. The van der Waals surface area contributed by atoms with Crippen LogP contribution >= 0.6 is 15.9 Å². The third kappa shape index (κ3) is 5.56. The monoisotopic (exact) mass is 344 g/mol. The molecule has 0 aliphatic carbocycles. The molecule has 0 unspecified atom stereocenters. The van der Waals surface area contributed by atoms with Crippen LogP contribution in [-0.2, 0) is 11.2 Å². The minimum absolute atomic E-state index is 0.0285. The molecule has 1 N–H and O–H groups in total. The van der Waals surface area contributed by atoms with E-state index in [0.717, 1.165) is 5.56 Å². The molecule has 1 rings (SSSR count). The molecule has 1 aromatic carbocycles. The molecule has 0 radical (unpaired) electrons. The lowest BCUT2D eigenvalue weighted by molar-refractivity contribution is -0.384. The molecule has 0 atom stereocenters. The van der Waals surface area contributed by atoms with E-state index in [-0.39, 0.29) is 5.69 Å². The van der Waals surface area contributed by atoms with Gasteiger partial charge in [-0.3, -0.25) is 10.1 Å². The first kappa shape index (κ1) is 16.4. The van der Waals surface area contributed by atoms with E-state index in [9.17, 15) is 14.9 Å². The summed E-state index contributed by atoms with van der Waals surface area (Å²) in [6.07, 6.45) is 0.0770. The number of nitrogens with one attached hydrogen (secondary N) is 1. The van der Waals surface area contributed by atoms with Crippen molar-refractivity contribution in [2.75, 3.05) is 6.54 Å². The van der Waals surface area contributed by atoms with Crippen LogP contribution < -0.4 is 5.32 Å². The number of nitro benzene ring substituents is 1. The van der Waals surface area contributed by atoms with Crippen molar-refractivity contribution < 1.29 is 14.5 Å². The van der Waals surface area contributed by atoms with Gasteiger partial charge in [0.05, 0.1) is 4.92 Å². The van der Waals surface area contributed by atoms with Crippen molar-refractivity contribution in [2.45, 2.75) is 32.8 Å². The van der Waals surface area contributed by atoms with Gasteiger partial charge in [0.15, 0.2) is 0 Å². The van der Waals surface area contributed by atoms with Crippen molar-refractivity contribution in [3.05, 3.63) is 38.3 Å². The molecule has 0 bridgehead atoms. The van der Waals surface area contributed by atoms with E-state index in [2.05, 4.69) is 21.2 Å². The third-order valence-electron chi connectivity index (χ3n) is 2.31. The summed E-state index contributed by atoms with van der Waals surface area (Å²) in [5.41, 5.74) is 0.380. The number of non-ortho nitro benzene ring substituents is 1. The molecule has 0 fully saturated rings. The summed E-state index contributed by atoms with van der Waals surface area (Å²) in [5, 5.41) is 13.2. The fraction of sp³-hybridized carbons (Fsp3) is 0.462. The predicted molar refractivity (Wildman–Crippen MR) is 78.7 cm³/mol. The van der Waals surface area contributed by atoms with Gasteiger partial charge in [-0.15, -0.1) is 0 Å². The zero-order valence-corrected chi connectivity index (χ0v) is 13.2. The topological polar surface area (TPSA) is 81.5 Å². The van der Waals surface area contributed by atoms with Crippen molar-refractivity contribution in [1.82, 2.24) is 5.32 Å². The number of amides is 1. The molecule has 0 saturated heterocycles. The summed E-state index contributed by atoms with van der Waals surface area (Å²) in [6.45, 7) is 5.77. The van der Waals surface area contributed by atoms with E-state index in [1.54, 1.807) is 26.8 Å². The third-order valence-corrected chi connectivity index (χ3v) is 3.05. The van der Waals surface area contributed by atoms with Gasteiger partial charge in [-0.1, -0.05) is 22.0 Å². The van der Waals surface area contributed by atoms with Gasteiger partial charge in [0.25, 0.3) is 5.69 Å². The maximum Gasteiger partial charge on any atom is 0.407 e. The highest BCUT2D eigenvalue weighted by atomic mass is 79.9. The van der Waals surface area contributed by atoms with E-state index in [0.29, 0.717) is 17.4 Å². The highest BCUT2D eigenvalue weighted by Gasteiger charge is 2.15. The Morgan fingerprint density at radius 2 is 2.10 bits per heavy atom. The highest BCUT2D eigenvalue weighted by Crippen LogP contribution is 2.23. The van der Waals surface area contributed by atoms with Crippen molar-refractivity contribution in [1.29, 1.82) is 0 Å². The standard InChI is InChI=1S/C13H17BrN2O4/c1-13(2,3)20-12(17)15-7-6-9-4-5-10(16(18)19)8-11(9)14/h4-5,8H,6-7H2,1-3H3,(H,15,17). The van der Waals surface area contributed by atoms with Crippen LogP contribution in [0.2, 0.25) is 0 Å². The lowest BCUT2D eigenvalue weighted by atomic mass is 10.1. The van der Waals surface area contributed by atoms with Crippen LogP contribution in [0.4, 0.5) is 10.5 Å². The number of nitro groups is 1. The molecule has 110 valence electrons. The lowest BCUT2D eigenvalue weighted by Crippen LogP contribution is -2.33. The number of carbonyl (C=O) groups is 1. The van der Waals surface area contributed by atoms with Crippen molar-refractivity contribution in [3.8, 4) is 0 Å². The predicted octanol–water partition coefficient (Wildman–Crippen LogP) is 3.42. The largest absolute Gasteiger partial charge is 0.444 e. The number of hydrogen-bond donors (Lipinski definition) is 1. The summed E-state index contributed by atoms with van der Waals surface area (Å²) in [7, 11) is 0. The maximum absolute atomic E-state index is 11.4. The van der Waals surface area contributed by atoms with Gasteiger partial charge in [-0.25, -0.2) is 4.79 Å². The molecule has 0 aromatic heterocycles. The van der Waals surface area contributed by atoms with Crippen molar-refractivity contribution in [2.24, 2.45) is 0 Å². The van der Waals surface area contributed by atoms with E-state index in [4.69, 9.17) is 4.74 Å². The van der Waals surface area contributed by atoms with E-state index < -0.39 is 16.6 Å². The number of halogens is 1. The number of hydrogen-bond acceptors (Lipinski definition) is 4. The van der Waals surface area contributed by atoms with Gasteiger partial charge in [-0.2, -0.15) is 0 Å². The Kier molecular flexibility index (Phi) is 5.50. The van der Waals surface area contributed by atoms with Gasteiger partial charge in [0.2, 0.25) is 0 Å². The summed E-state index contributed by atoms with van der Waals surface area (Å²) >= 11 is 3.28. The van der Waals surface area contributed by atoms with Crippen LogP contribution in [0.1, 0.15) is 26.3 Å². The SMILES string of the molecule is CC(C)(C)OC(=O)NCCc1ccc([N+](=O)[O-])cc1Br. The molecule has 0 spiro atoms. The summed E-state index contributed by atoms with van der Waals surface area (Å²) in [4.78, 5) is 21.6. The van der Waals surface area contributed by atoms with Crippen LogP contribution in [0.25, 0.3) is 0 Å². The molecule has 20 heavy (non-hydrogen) atoms. The van der Waals surface area contributed by atoms with Gasteiger partial charge < -0.3 is 10.1 Å². The van der Waals surface area contributed by atoms with Crippen LogP contribution in [0.15, 0.2) is 22.7 Å². The Labute approximate surface area is 125 Å². The molecule has 6 nitrogen and oxygen atoms in total. The maximum atomic E-state index is 11.4. The second kappa shape index (κ2) is 6.69. The molecule has 7 heteroatoms. The second-order valence-corrected chi connectivity index (χ2v) is 6.07. The average molecular weight is 345 g/mol. The van der Waals surface area contributed by atoms with E-state index in [1.807, 2.05) is 0 Å². The van der Waals surface area contributed by atoms with E-state index in [1.165, 1.54) is 12.1 Å². The van der Waals surface area contributed by atoms with Gasteiger partial charge >= 0.3 is 6.09 Å². The summed E-state index contributed by atoms with van der Waals surface area (Å²) in [6, 6.07) is 4.55. The molecule has 0 saturated carbocycles.